The monoisotopic (exact) mass is 284 g/mol. The second-order valence-electron chi connectivity index (χ2n) is 5.01. The van der Waals surface area contributed by atoms with Crippen LogP contribution >= 0.6 is 0 Å². The lowest BCUT2D eigenvalue weighted by Gasteiger charge is -2.15. The minimum absolute atomic E-state index is 0.0734. The number of hydrogen-bond donors (Lipinski definition) is 0. The molecule has 0 bridgehead atoms. The van der Waals surface area contributed by atoms with Crippen LogP contribution in [0.5, 0.6) is 0 Å². The highest BCUT2D eigenvalue weighted by atomic mass is 16.5. The molecule has 0 unspecified atom stereocenters. The first-order chi connectivity index (χ1) is 10.3. The normalized spacial score (nSPS) is 21.4. The van der Waals surface area contributed by atoms with Gasteiger partial charge in [-0.05, 0) is 11.1 Å². The predicted molar refractivity (Wildman–Crippen MR) is 82.5 cm³/mol. The number of azide groups is 1. The van der Waals surface area contributed by atoms with E-state index in [2.05, 4.69) is 38.9 Å². The van der Waals surface area contributed by atoms with E-state index in [0.29, 0.717) is 6.61 Å². The van der Waals surface area contributed by atoms with Crippen molar-refractivity contribution in [3.63, 3.8) is 0 Å². The van der Waals surface area contributed by atoms with Gasteiger partial charge in [-0.15, -0.1) is 5.92 Å². The maximum Gasteiger partial charge on any atom is 0.108 e. The summed E-state index contributed by atoms with van der Waals surface area (Å²) in [4.78, 5) is 5.19. The molecule has 0 aromatic heterocycles. The van der Waals surface area contributed by atoms with E-state index in [1.165, 1.54) is 5.56 Å². The molecule has 0 saturated carbocycles. The third kappa shape index (κ3) is 4.80. The fraction of sp³-hybridized carbons (Fsp3) is 0.500. The molecule has 1 aromatic rings. The van der Waals surface area contributed by atoms with Gasteiger partial charge in [-0.3, -0.25) is 4.90 Å². The Labute approximate surface area is 125 Å². The summed E-state index contributed by atoms with van der Waals surface area (Å²) in [6.07, 6.45) is 0.754. The SMILES string of the molecule is CCC#CCO[C@@H]1CN(Cc2ccccc2)C[C@H]1N=[N+]=[N-]. The van der Waals surface area contributed by atoms with Crippen molar-refractivity contribution in [3.05, 3.63) is 46.3 Å². The van der Waals surface area contributed by atoms with Crippen LogP contribution < -0.4 is 0 Å². The highest BCUT2D eigenvalue weighted by molar-refractivity contribution is 5.15. The highest BCUT2D eigenvalue weighted by Crippen LogP contribution is 2.19. The molecule has 1 fully saturated rings. The largest absolute Gasteiger partial charge is 0.364 e. The minimum atomic E-state index is -0.137. The molecule has 1 aliphatic heterocycles. The van der Waals surface area contributed by atoms with Crippen LogP contribution in [0.3, 0.4) is 0 Å². The van der Waals surface area contributed by atoms with Gasteiger partial charge in [0, 0.05) is 31.0 Å². The molecule has 5 nitrogen and oxygen atoms in total. The molecule has 21 heavy (non-hydrogen) atoms. The van der Waals surface area contributed by atoms with Crippen molar-refractivity contribution in [1.29, 1.82) is 0 Å². The first-order valence-electron chi connectivity index (χ1n) is 7.21. The summed E-state index contributed by atoms with van der Waals surface area (Å²) in [6, 6.07) is 10.1. The zero-order valence-electron chi connectivity index (χ0n) is 12.3. The maximum absolute atomic E-state index is 8.69. The topological polar surface area (TPSA) is 61.2 Å². The van der Waals surface area contributed by atoms with E-state index >= 15 is 0 Å². The van der Waals surface area contributed by atoms with E-state index in [0.717, 1.165) is 26.1 Å². The van der Waals surface area contributed by atoms with Crippen LogP contribution in [-0.4, -0.2) is 36.7 Å². The Morgan fingerprint density at radius 2 is 2.14 bits per heavy atom. The smallest absolute Gasteiger partial charge is 0.108 e. The summed E-state index contributed by atoms with van der Waals surface area (Å²) >= 11 is 0. The fourth-order valence-electron chi connectivity index (χ4n) is 2.47. The van der Waals surface area contributed by atoms with Crippen molar-refractivity contribution in [2.24, 2.45) is 5.11 Å². The molecule has 2 atom stereocenters. The predicted octanol–water partition coefficient (Wildman–Crippen LogP) is 2.98. The number of nitrogens with zero attached hydrogens (tertiary/aromatic N) is 4. The summed E-state index contributed by atoms with van der Waals surface area (Å²) in [5, 5.41) is 3.86. The van der Waals surface area contributed by atoms with Crippen LogP contribution in [0.4, 0.5) is 0 Å². The minimum Gasteiger partial charge on any atom is -0.364 e. The van der Waals surface area contributed by atoms with Crippen molar-refractivity contribution >= 4 is 0 Å². The second-order valence-corrected chi connectivity index (χ2v) is 5.01. The van der Waals surface area contributed by atoms with Crippen LogP contribution in [0, 0.1) is 11.8 Å². The fourth-order valence-corrected chi connectivity index (χ4v) is 2.47. The molecule has 0 N–H and O–H groups in total. The zero-order valence-corrected chi connectivity index (χ0v) is 12.3. The van der Waals surface area contributed by atoms with E-state index < -0.39 is 0 Å². The van der Waals surface area contributed by atoms with Gasteiger partial charge in [-0.25, -0.2) is 0 Å². The first kappa shape index (κ1) is 15.4. The number of rotatable bonds is 5. The van der Waals surface area contributed by atoms with Gasteiger partial charge in [-0.2, -0.15) is 0 Å². The summed E-state index contributed by atoms with van der Waals surface area (Å²) in [7, 11) is 0. The maximum atomic E-state index is 8.69. The average molecular weight is 284 g/mol. The van der Waals surface area contributed by atoms with Gasteiger partial charge in [0.2, 0.25) is 0 Å². The Morgan fingerprint density at radius 3 is 2.86 bits per heavy atom. The van der Waals surface area contributed by atoms with Gasteiger partial charge >= 0.3 is 0 Å². The molecule has 110 valence electrons. The van der Waals surface area contributed by atoms with Crippen molar-refractivity contribution in [1.82, 2.24) is 4.90 Å². The number of ether oxygens (including phenoxy) is 1. The van der Waals surface area contributed by atoms with Crippen molar-refractivity contribution in [2.75, 3.05) is 19.7 Å². The third-order valence-electron chi connectivity index (χ3n) is 3.43. The van der Waals surface area contributed by atoms with Crippen LogP contribution in [0.2, 0.25) is 0 Å². The van der Waals surface area contributed by atoms with Gasteiger partial charge in [0.05, 0.1) is 12.1 Å². The lowest BCUT2D eigenvalue weighted by atomic mass is 10.2. The Hall–Kier alpha value is -1.99. The Morgan fingerprint density at radius 1 is 1.33 bits per heavy atom. The highest BCUT2D eigenvalue weighted by Gasteiger charge is 2.32. The second kappa shape index (κ2) is 8.33. The van der Waals surface area contributed by atoms with E-state index in [1.807, 2.05) is 25.1 Å². The molecule has 5 heteroatoms. The molecule has 1 aromatic carbocycles. The molecule has 0 spiro atoms. The van der Waals surface area contributed by atoms with Crippen LogP contribution in [0.1, 0.15) is 18.9 Å². The lowest BCUT2D eigenvalue weighted by Crippen LogP contribution is -2.25. The molecule has 2 rings (SSSR count). The van der Waals surface area contributed by atoms with Gasteiger partial charge in [0.15, 0.2) is 0 Å². The molecule has 1 heterocycles. The van der Waals surface area contributed by atoms with E-state index in [-0.39, 0.29) is 12.1 Å². The van der Waals surface area contributed by atoms with E-state index in [4.69, 9.17) is 10.3 Å². The van der Waals surface area contributed by atoms with Crippen molar-refractivity contribution in [2.45, 2.75) is 32.0 Å². The van der Waals surface area contributed by atoms with Crippen LogP contribution in [-0.2, 0) is 11.3 Å². The summed E-state index contributed by atoms with van der Waals surface area (Å²) in [6.45, 7) is 4.75. The van der Waals surface area contributed by atoms with Crippen LogP contribution in [0.25, 0.3) is 10.4 Å². The van der Waals surface area contributed by atoms with E-state index in [1.54, 1.807) is 0 Å². The number of benzene rings is 1. The molecule has 0 radical (unpaired) electrons. The van der Waals surface area contributed by atoms with Crippen molar-refractivity contribution in [3.8, 4) is 11.8 Å². The molecule has 0 aliphatic carbocycles. The summed E-state index contributed by atoms with van der Waals surface area (Å²) < 4.78 is 5.76. The van der Waals surface area contributed by atoms with Crippen LogP contribution in [0.15, 0.2) is 35.4 Å². The average Bonchev–Trinajstić information content (AvgIpc) is 2.87. The molecule has 0 amide bonds. The Kier molecular flexibility index (Phi) is 6.11. The molecular formula is C16H20N4O. The Balaban J connectivity index is 1.92. The first-order valence-corrected chi connectivity index (χ1v) is 7.21. The lowest BCUT2D eigenvalue weighted by molar-refractivity contribution is 0.0742. The summed E-state index contributed by atoms with van der Waals surface area (Å²) in [5.41, 5.74) is 9.94. The standard InChI is InChI=1S/C16H20N4O/c1-2-3-7-10-21-16-13-20(12-15(16)18-19-17)11-14-8-5-4-6-9-14/h4-6,8-9,15-16H,2,10-13H2,1H3/t15-,16-/m1/s1. The molecule has 1 aliphatic rings. The van der Waals surface area contributed by atoms with E-state index in [9.17, 15) is 0 Å². The molecule has 1 saturated heterocycles. The molecular weight excluding hydrogens is 264 g/mol. The van der Waals surface area contributed by atoms with Gasteiger partial charge in [0.1, 0.15) is 6.61 Å². The van der Waals surface area contributed by atoms with Gasteiger partial charge < -0.3 is 4.74 Å². The zero-order chi connectivity index (χ0) is 14.9. The van der Waals surface area contributed by atoms with Gasteiger partial charge in [0.25, 0.3) is 0 Å². The number of hydrogen-bond acceptors (Lipinski definition) is 3. The quantitative estimate of drug-likeness (QED) is 0.361. The summed E-state index contributed by atoms with van der Waals surface area (Å²) in [5.74, 6) is 5.94. The Bertz CT molecular complexity index is 542. The number of likely N-dealkylation sites (tertiary alicyclic amines) is 1. The van der Waals surface area contributed by atoms with Gasteiger partial charge in [-0.1, -0.05) is 48.3 Å². The third-order valence-corrected chi connectivity index (χ3v) is 3.43. The van der Waals surface area contributed by atoms with Crippen molar-refractivity contribution < 1.29 is 4.74 Å².